The van der Waals surface area contributed by atoms with Crippen LogP contribution in [0, 0.1) is 6.92 Å². The number of halogens is 2. The molecule has 6 nitrogen and oxygen atoms in total. The monoisotopic (exact) mass is 376 g/mol. The van der Waals surface area contributed by atoms with Crippen LogP contribution in [0.25, 0.3) is 0 Å². The molecule has 0 radical (unpaired) electrons. The molecule has 0 unspecified atom stereocenters. The highest BCUT2D eigenvalue weighted by Crippen LogP contribution is 2.25. The van der Waals surface area contributed by atoms with Crippen molar-refractivity contribution in [2.24, 2.45) is 0 Å². The van der Waals surface area contributed by atoms with Gasteiger partial charge in [0, 0.05) is 12.4 Å². The van der Waals surface area contributed by atoms with Gasteiger partial charge >= 0.3 is 0 Å². The normalized spacial score (nSPS) is 10.5. The minimum atomic E-state index is -0.373. The Bertz CT molecular complexity index is 894. The third kappa shape index (κ3) is 4.49. The number of nitrogens with zero attached hydrogens (tertiary/aromatic N) is 3. The van der Waals surface area contributed by atoms with Gasteiger partial charge in [0.2, 0.25) is 0 Å². The van der Waals surface area contributed by atoms with Crippen LogP contribution in [0.3, 0.4) is 0 Å². The highest BCUT2D eigenvalue weighted by molar-refractivity contribution is 6.32. The zero-order chi connectivity index (χ0) is 17.8. The predicted molar refractivity (Wildman–Crippen MR) is 96.2 cm³/mol. The third-order valence-electron chi connectivity index (χ3n) is 3.28. The first kappa shape index (κ1) is 17.3. The highest BCUT2D eigenvalue weighted by atomic mass is 35.5. The number of pyridine rings is 1. The molecule has 2 aromatic heterocycles. The summed E-state index contributed by atoms with van der Waals surface area (Å²) >= 11 is 11.8. The van der Waals surface area contributed by atoms with Crippen LogP contribution in [-0.4, -0.2) is 20.7 Å². The number of aromatic nitrogens is 3. The van der Waals surface area contributed by atoms with Crippen molar-refractivity contribution in [1.29, 1.82) is 0 Å². The van der Waals surface area contributed by atoms with Crippen LogP contribution in [0.5, 0.6) is 5.75 Å². The Labute approximate surface area is 154 Å². The van der Waals surface area contributed by atoms with E-state index in [0.717, 1.165) is 5.56 Å². The zero-order valence-corrected chi connectivity index (χ0v) is 14.8. The number of nitrogens with one attached hydrogen (secondary N) is 1. The second-order valence-corrected chi connectivity index (χ2v) is 6.11. The van der Waals surface area contributed by atoms with Crippen molar-refractivity contribution < 1.29 is 9.53 Å². The molecular formula is C17H14Cl2N4O2. The van der Waals surface area contributed by atoms with Gasteiger partial charge in [0.25, 0.3) is 5.91 Å². The van der Waals surface area contributed by atoms with E-state index in [1.165, 1.54) is 10.9 Å². The van der Waals surface area contributed by atoms with E-state index in [0.29, 0.717) is 21.6 Å². The van der Waals surface area contributed by atoms with E-state index in [1.807, 2.05) is 19.1 Å². The molecular weight excluding hydrogens is 363 g/mol. The van der Waals surface area contributed by atoms with E-state index in [9.17, 15) is 4.79 Å². The Morgan fingerprint density at radius 2 is 2.08 bits per heavy atom. The number of ether oxygens (including phenoxy) is 1. The van der Waals surface area contributed by atoms with Crippen LogP contribution >= 0.6 is 23.2 Å². The van der Waals surface area contributed by atoms with Crippen molar-refractivity contribution in [3.05, 3.63) is 70.1 Å². The molecule has 0 spiro atoms. The maximum atomic E-state index is 12.2. The number of anilines is 1. The summed E-state index contributed by atoms with van der Waals surface area (Å²) in [5.41, 5.74) is 1.28. The van der Waals surface area contributed by atoms with Crippen LogP contribution in [0.2, 0.25) is 10.0 Å². The number of aryl methyl sites for hydroxylation is 1. The lowest BCUT2D eigenvalue weighted by molar-refractivity contribution is 0.102. The van der Waals surface area contributed by atoms with Gasteiger partial charge in [-0.1, -0.05) is 29.3 Å². The van der Waals surface area contributed by atoms with Gasteiger partial charge in [-0.25, -0.2) is 9.67 Å². The summed E-state index contributed by atoms with van der Waals surface area (Å²) in [6.07, 6.45) is 3.10. The molecule has 1 N–H and O–H groups in total. The number of hydrogen-bond acceptors (Lipinski definition) is 4. The summed E-state index contributed by atoms with van der Waals surface area (Å²) in [6.45, 7) is 2.08. The number of carbonyl (C=O) groups excluding carboxylic acids is 1. The minimum Gasteiger partial charge on any atom is -0.470 e. The van der Waals surface area contributed by atoms with Crippen LogP contribution in [0.4, 0.5) is 5.82 Å². The Balaban J connectivity index is 1.62. The summed E-state index contributed by atoms with van der Waals surface area (Å²) in [5.74, 6) is 0.586. The molecule has 0 bridgehead atoms. The fourth-order valence-corrected chi connectivity index (χ4v) is 2.33. The second kappa shape index (κ2) is 7.55. The molecule has 0 aliphatic rings. The SMILES string of the molecule is Cc1ccc(Cl)c(OCn2ccc(C(=O)Nc3ccc(Cl)cn3)n2)c1. The van der Waals surface area contributed by atoms with Crippen LogP contribution in [0.15, 0.2) is 48.8 Å². The average molecular weight is 377 g/mol. The lowest BCUT2D eigenvalue weighted by Crippen LogP contribution is -2.15. The molecule has 0 saturated carbocycles. The van der Waals surface area contributed by atoms with Gasteiger partial charge in [-0.05, 0) is 42.8 Å². The van der Waals surface area contributed by atoms with E-state index in [2.05, 4.69) is 15.4 Å². The van der Waals surface area contributed by atoms with E-state index < -0.39 is 0 Å². The number of carbonyl (C=O) groups is 1. The first-order chi connectivity index (χ1) is 12.0. The molecule has 8 heteroatoms. The lowest BCUT2D eigenvalue weighted by Gasteiger charge is -2.08. The molecule has 0 fully saturated rings. The van der Waals surface area contributed by atoms with E-state index >= 15 is 0 Å². The molecule has 128 valence electrons. The number of amides is 1. The summed E-state index contributed by atoms with van der Waals surface area (Å²) in [4.78, 5) is 16.2. The first-order valence-electron chi connectivity index (χ1n) is 7.36. The minimum absolute atomic E-state index is 0.135. The fourth-order valence-electron chi connectivity index (χ4n) is 2.04. The quantitative estimate of drug-likeness (QED) is 0.724. The number of rotatable bonds is 5. The van der Waals surface area contributed by atoms with Crippen LogP contribution in [-0.2, 0) is 6.73 Å². The van der Waals surface area contributed by atoms with Gasteiger partial charge in [0.05, 0.1) is 10.0 Å². The van der Waals surface area contributed by atoms with Crippen molar-refractivity contribution >= 4 is 34.9 Å². The zero-order valence-electron chi connectivity index (χ0n) is 13.2. The van der Waals surface area contributed by atoms with Crippen LogP contribution in [0.1, 0.15) is 16.1 Å². The maximum absolute atomic E-state index is 12.2. The van der Waals surface area contributed by atoms with Crippen molar-refractivity contribution in [3.8, 4) is 5.75 Å². The summed E-state index contributed by atoms with van der Waals surface area (Å²) in [6, 6.07) is 10.4. The molecule has 1 amide bonds. The topological polar surface area (TPSA) is 69.0 Å². The van der Waals surface area contributed by atoms with Gasteiger partial charge in [-0.3, -0.25) is 4.79 Å². The third-order valence-corrected chi connectivity index (χ3v) is 3.82. The first-order valence-corrected chi connectivity index (χ1v) is 8.12. The molecule has 2 heterocycles. The number of hydrogen-bond donors (Lipinski definition) is 1. The van der Waals surface area contributed by atoms with Crippen molar-refractivity contribution in [3.63, 3.8) is 0 Å². The number of benzene rings is 1. The van der Waals surface area contributed by atoms with E-state index in [4.69, 9.17) is 27.9 Å². The maximum Gasteiger partial charge on any atom is 0.277 e. The summed E-state index contributed by atoms with van der Waals surface area (Å²) in [7, 11) is 0. The molecule has 0 saturated heterocycles. The smallest absolute Gasteiger partial charge is 0.277 e. The van der Waals surface area contributed by atoms with Gasteiger partial charge in [-0.2, -0.15) is 5.10 Å². The van der Waals surface area contributed by atoms with E-state index in [1.54, 1.807) is 30.5 Å². The van der Waals surface area contributed by atoms with E-state index in [-0.39, 0.29) is 18.3 Å². The molecule has 0 aliphatic carbocycles. The van der Waals surface area contributed by atoms with Crippen molar-refractivity contribution in [2.45, 2.75) is 13.7 Å². The Morgan fingerprint density at radius 3 is 2.84 bits per heavy atom. The van der Waals surface area contributed by atoms with Gasteiger partial charge in [-0.15, -0.1) is 0 Å². The molecule has 3 aromatic rings. The summed E-state index contributed by atoms with van der Waals surface area (Å²) in [5, 5.41) is 7.83. The standard InChI is InChI=1S/C17H14Cl2N4O2/c1-11-2-4-13(19)15(8-11)25-10-23-7-6-14(22-23)17(24)21-16-5-3-12(18)9-20-16/h2-9H,10H2,1H3,(H,20,21,24). The molecule has 1 aromatic carbocycles. The Kier molecular flexibility index (Phi) is 5.21. The Morgan fingerprint density at radius 1 is 1.24 bits per heavy atom. The summed E-state index contributed by atoms with van der Waals surface area (Å²) < 4.78 is 7.14. The predicted octanol–water partition coefficient (Wildman–Crippen LogP) is 4.18. The van der Waals surface area contributed by atoms with Gasteiger partial charge < -0.3 is 10.1 Å². The molecule has 0 aliphatic heterocycles. The molecule has 0 atom stereocenters. The lowest BCUT2D eigenvalue weighted by atomic mass is 10.2. The molecule has 3 rings (SSSR count). The highest BCUT2D eigenvalue weighted by Gasteiger charge is 2.11. The van der Waals surface area contributed by atoms with Crippen LogP contribution < -0.4 is 10.1 Å². The molecule has 25 heavy (non-hydrogen) atoms. The Hall–Kier alpha value is -2.57. The second-order valence-electron chi connectivity index (χ2n) is 5.26. The van der Waals surface area contributed by atoms with Gasteiger partial charge in [0.15, 0.2) is 12.4 Å². The van der Waals surface area contributed by atoms with Crippen molar-refractivity contribution in [1.82, 2.24) is 14.8 Å². The largest absolute Gasteiger partial charge is 0.470 e. The fraction of sp³-hybridized carbons (Fsp3) is 0.118. The van der Waals surface area contributed by atoms with Gasteiger partial charge in [0.1, 0.15) is 11.6 Å². The van der Waals surface area contributed by atoms with Crippen molar-refractivity contribution in [2.75, 3.05) is 5.32 Å². The average Bonchev–Trinajstić information content (AvgIpc) is 3.07.